The molecule has 0 aliphatic carbocycles. The highest BCUT2D eigenvalue weighted by atomic mass is 16.5. The highest BCUT2D eigenvalue weighted by molar-refractivity contribution is 5.38. The molecule has 0 radical (unpaired) electrons. The molecule has 0 saturated carbocycles. The average molecular weight is 284 g/mol. The van der Waals surface area contributed by atoms with Crippen LogP contribution in [0.5, 0.6) is 5.75 Å². The second kappa shape index (κ2) is 7.79. The Balaban J connectivity index is 2.35. The van der Waals surface area contributed by atoms with E-state index < -0.39 is 0 Å². The Morgan fingerprint density at radius 2 is 1.81 bits per heavy atom. The summed E-state index contributed by atoms with van der Waals surface area (Å²) in [4.78, 5) is 4.11. The molecule has 21 heavy (non-hydrogen) atoms. The van der Waals surface area contributed by atoms with Crippen molar-refractivity contribution in [2.24, 2.45) is 0 Å². The Bertz CT molecular complexity index is 542. The van der Waals surface area contributed by atoms with E-state index >= 15 is 0 Å². The van der Waals surface area contributed by atoms with E-state index in [1.54, 1.807) is 0 Å². The molecule has 3 nitrogen and oxygen atoms in total. The molecule has 2 atom stereocenters. The first-order chi connectivity index (χ1) is 10.3. The van der Waals surface area contributed by atoms with Crippen LogP contribution in [0, 0.1) is 0 Å². The zero-order valence-corrected chi connectivity index (χ0v) is 13.0. The van der Waals surface area contributed by atoms with E-state index in [1.807, 2.05) is 31.5 Å². The summed E-state index contributed by atoms with van der Waals surface area (Å²) in [5, 5.41) is 3.60. The molecule has 0 aliphatic rings. The van der Waals surface area contributed by atoms with E-state index in [0.717, 1.165) is 12.3 Å². The van der Waals surface area contributed by atoms with E-state index in [2.05, 4.69) is 48.4 Å². The predicted molar refractivity (Wildman–Crippen MR) is 86.7 cm³/mol. The van der Waals surface area contributed by atoms with Crippen molar-refractivity contribution in [1.82, 2.24) is 10.3 Å². The lowest BCUT2D eigenvalue weighted by Crippen LogP contribution is -2.26. The maximum Gasteiger partial charge on any atom is 0.124 e. The SMILES string of the molecule is CCNC(c1ccccc1OCC)C(C)c1ccncc1. The van der Waals surface area contributed by atoms with E-state index in [4.69, 9.17) is 4.74 Å². The first-order valence-corrected chi connectivity index (χ1v) is 7.63. The summed E-state index contributed by atoms with van der Waals surface area (Å²) in [5.74, 6) is 1.31. The molecule has 0 fully saturated rings. The topological polar surface area (TPSA) is 34.1 Å². The van der Waals surface area contributed by atoms with Gasteiger partial charge in [-0.3, -0.25) is 4.98 Å². The highest BCUT2D eigenvalue weighted by Gasteiger charge is 2.22. The van der Waals surface area contributed by atoms with Crippen LogP contribution in [0.3, 0.4) is 0 Å². The zero-order valence-electron chi connectivity index (χ0n) is 13.0. The Kier molecular flexibility index (Phi) is 5.76. The normalized spacial score (nSPS) is 13.7. The molecular formula is C18H24N2O. The summed E-state index contributed by atoms with van der Waals surface area (Å²) < 4.78 is 5.80. The Hall–Kier alpha value is -1.87. The average Bonchev–Trinajstić information content (AvgIpc) is 2.54. The van der Waals surface area contributed by atoms with Crippen molar-refractivity contribution in [2.45, 2.75) is 32.7 Å². The lowest BCUT2D eigenvalue weighted by atomic mass is 9.88. The molecule has 0 saturated heterocycles. The molecule has 1 aromatic heterocycles. The van der Waals surface area contributed by atoms with Gasteiger partial charge in [-0.1, -0.05) is 32.0 Å². The molecule has 0 aliphatic heterocycles. The van der Waals surface area contributed by atoms with Gasteiger partial charge in [0.05, 0.1) is 6.61 Å². The van der Waals surface area contributed by atoms with Gasteiger partial charge in [0.2, 0.25) is 0 Å². The van der Waals surface area contributed by atoms with Crippen LogP contribution in [0.15, 0.2) is 48.8 Å². The maximum atomic E-state index is 5.80. The Labute approximate surface area is 127 Å². The fraction of sp³-hybridized carbons (Fsp3) is 0.389. The van der Waals surface area contributed by atoms with Crippen molar-refractivity contribution in [2.75, 3.05) is 13.2 Å². The van der Waals surface area contributed by atoms with Crippen molar-refractivity contribution in [3.63, 3.8) is 0 Å². The second-order valence-corrected chi connectivity index (χ2v) is 5.08. The Morgan fingerprint density at radius 1 is 1.10 bits per heavy atom. The third-order valence-corrected chi connectivity index (χ3v) is 3.71. The number of benzene rings is 1. The van der Waals surface area contributed by atoms with Crippen LogP contribution >= 0.6 is 0 Å². The molecule has 3 heteroatoms. The number of nitrogens with one attached hydrogen (secondary N) is 1. The van der Waals surface area contributed by atoms with Gasteiger partial charge in [0.1, 0.15) is 5.75 Å². The van der Waals surface area contributed by atoms with Gasteiger partial charge in [0.25, 0.3) is 0 Å². The van der Waals surface area contributed by atoms with Crippen LogP contribution in [0.1, 0.15) is 43.9 Å². The number of para-hydroxylation sites is 1. The third-order valence-electron chi connectivity index (χ3n) is 3.71. The fourth-order valence-electron chi connectivity index (χ4n) is 2.66. The minimum Gasteiger partial charge on any atom is -0.494 e. The minimum atomic E-state index is 0.222. The molecule has 1 N–H and O–H groups in total. The number of ether oxygens (including phenoxy) is 1. The highest BCUT2D eigenvalue weighted by Crippen LogP contribution is 2.35. The van der Waals surface area contributed by atoms with Gasteiger partial charge < -0.3 is 10.1 Å². The van der Waals surface area contributed by atoms with E-state index in [1.165, 1.54) is 11.1 Å². The minimum absolute atomic E-state index is 0.222. The molecule has 112 valence electrons. The summed E-state index contributed by atoms with van der Waals surface area (Å²) in [6.07, 6.45) is 3.70. The van der Waals surface area contributed by atoms with Gasteiger partial charge in [-0.2, -0.15) is 0 Å². The Morgan fingerprint density at radius 3 is 2.48 bits per heavy atom. The molecule has 2 unspecified atom stereocenters. The fourth-order valence-corrected chi connectivity index (χ4v) is 2.66. The zero-order chi connectivity index (χ0) is 15.1. The number of rotatable bonds is 7. The molecule has 2 rings (SSSR count). The lowest BCUT2D eigenvalue weighted by molar-refractivity contribution is 0.328. The van der Waals surface area contributed by atoms with Gasteiger partial charge in [-0.15, -0.1) is 0 Å². The standard InChI is InChI=1S/C18H24N2O/c1-4-20-18(14(3)15-10-12-19-13-11-15)16-8-6-7-9-17(16)21-5-2/h6-14,18,20H,4-5H2,1-3H3. The largest absolute Gasteiger partial charge is 0.494 e. The first-order valence-electron chi connectivity index (χ1n) is 7.63. The van der Waals surface area contributed by atoms with Crippen molar-refractivity contribution >= 4 is 0 Å². The van der Waals surface area contributed by atoms with Crippen LogP contribution in [0.2, 0.25) is 0 Å². The van der Waals surface area contributed by atoms with Crippen molar-refractivity contribution in [3.05, 3.63) is 59.9 Å². The molecule has 1 heterocycles. The van der Waals surface area contributed by atoms with Crippen molar-refractivity contribution in [3.8, 4) is 5.75 Å². The molecule has 1 aromatic carbocycles. The van der Waals surface area contributed by atoms with Gasteiger partial charge in [0.15, 0.2) is 0 Å². The van der Waals surface area contributed by atoms with Crippen LogP contribution in [0.25, 0.3) is 0 Å². The number of aromatic nitrogens is 1. The van der Waals surface area contributed by atoms with Gasteiger partial charge >= 0.3 is 0 Å². The summed E-state index contributed by atoms with van der Waals surface area (Å²) in [7, 11) is 0. The van der Waals surface area contributed by atoms with Gasteiger partial charge in [0, 0.05) is 29.9 Å². The number of nitrogens with zero attached hydrogens (tertiary/aromatic N) is 1. The number of hydrogen-bond acceptors (Lipinski definition) is 3. The molecule has 0 bridgehead atoms. The van der Waals surface area contributed by atoms with Crippen molar-refractivity contribution in [1.29, 1.82) is 0 Å². The predicted octanol–water partition coefficient (Wildman–Crippen LogP) is 3.93. The summed E-state index contributed by atoms with van der Waals surface area (Å²) in [6, 6.07) is 12.7. The van der Waals surface area contributed by atoms with Crippen LogP contribution in [0.4, 0.5) is 0 Å². The van der Waals surface area contributed by atoms with Gasteiger partial charge in [-0.05, 0) is 37.2 Å². The maximum absolute atomic E-state index is 5.80. The molecule has 0 spiro atoms. The smallest absolute Gasteiger partial charge is 0.124 e. The number of pyridine rings is 1. The monoisotopic (exact) mass is 284 g/mol. The summed E-state index contributed by atoms with van der Waals surface area (Å²) in [6.45, 7) is 7.99. The molecule has 0 amide bonds. The first kappa shape index (κ1) is 15.5. The third kappa shape index (κ3) is 3.82. The van der Waals surface area contributed by atoms with E-state index in [0.29, 0.717) is 12.5 Å². The molecule has 2 aromatic rings. The van der Waals surface area contributed by atoms with E-state index in [9.17, 15) is 0 Å². The number of hydrogen-bond donors (Lipinski definition) is 1. The second-order valence-electron chi connectivity index (χ2n) is 5.08. The lowest BCUT2D eigenvalue weighted by Gasteiger charge is -2.27. The summed E-state index contributed by atoms with van der Waals surface area (Å²) >= 11 is 0. The van der Waals surface area contributed by atoms with Crippen LogP contribution in [-0.4, -0.2) is 18.1 Å². The molecular weight excluding hydrogens is 260 g/mol. The van der Waals surface area contributed by atoms with Gasteiger partial charge in [-0.25, -0.2) is 0 Å². The van der Waals surface area contributed by atoms with Crippen LogP contribution < -0.4 is 10.1 Å². The summed E-state index contributed by atoms with van der Waals surface area (Å²) in [5.41, 5.74) is 2.49. The quantitative estimate of drug-likeness (QED) is 0.836. The van der Waals surface area contributed by atoms with E-state index in [-0.39, 0.29) is 6.04 Å². The van der Waals surface area contributed by atoms with Crippen LogP contribution in [-0.2, 0) is 0 Å². The van der Waals surface area contributed by atoms with Crippen molar-refractivity contribution < 1.29 is 4.74 Å². The number of likely N-dealkylation sites (N-methyl/N-ethyl adjacent to an activating group) is 1.